The maximum Gasteiger partial charge on any atom is 0.249 e. The lowest BCUT2D eigenvalue weighted by Crippen LogP contribution is -2.43. The number of carbonyl (C=O) groups excluding carboxylic acids is 1. The second-order valence-electron chi connectivity index (χ2n) is 5.73. The number of aromatic nitrogens is 2. The summed E-state index contributed by atoms with van der Waals surface area (Å²) in [6.07, 6.45) is 5.03. The molecule has 1 aromatic heterocycles. The fourth-order valence-electron chi connectivity index (χ4n) is 3.13. The Morgan fingerprint density at radius 2 is 2.32 bits per heavy atom. The first-order chi connectivity index (χ1) is 10.8. The Labute approximate surface area is 130 Å². The van der Waals surface area contributed by atoms with Crippen molar-refractivity contribution in [3.63, 3.8) is 0 Å². The topological polar surface area (TPSA) is 76.6 Å². The average molecular weight is 306 g/mol. The van der Waals surface area contributed by atoms with Crippen LogP contribution in [-0.2, 0) is 14.3 Å². The monoisotopic (exact) mass is 306 g/mol. The Morgan fingerprint density at radius 1 is 1.50 bits per heavy atom. The third-order valence-corrected chi connectivity index (χ3v) is 4.28. The van der Waals surface area contributed by atoms with E-state index in [-0.39, 0.29) is 18.1 Å². The van der Waals surface area contributed by atoms with Gasteiger partial charge in [0.2, 0.25) is 11.9 Å². The van der Waals surface area contributed by atoms with E-state index >= 15 is 0 Å². The van der Waals surface area contributed by atoms with Crippen molar-refractivity contribution in [2.45, 2.75) is 25.0 Å². The number of carbonyl (C=O) groups is 1. The number of amides is 1. The number of methoxy groups -OCH3 is 1. The molecule has 7 heteroatoms. The fourth-order valence-corrected chi connectivity index (χ4v) is 3.13. The van der Waals surface area contributed by atoms with Gasteiger partial charge in [-0.1, -0.05) is 0 Å². The van der Waals surface area contributed by atoms with E-state index in [1.54, 1.807) is 19.5 Å². The lowest BCUT2D eigenvalue weighted by atomic mass is 9.92. The molecule has 1 aromatic rings. The zero-order valence-corrected chi connectivity index (χ0v) is 12.8. The molecule has 0 bridgehead atoms. The summed E-state index contributed by atoms with van der Waals surface area (Å²) < 4.78 is 10.9. The number of nitrogens with one attached hydrogen (secondary N) is 1. The maximum absolute atomic E-state index is 12.1. The van der Waals surface area contributed by atoms with E-state index < -0.39 is 0 Å². The molecule has 7 nitrogen and oxygen atoms in total. The molecular formula is C15H22N4O3. The second-order valence-corrected chi connectivity index (χ2v) is 5.73. The third-order valence-electron chi connectivity index (χ3n) is 4.28. The van der Waals surface area contributed by atoms with Crippen LogP contribution in [0, 0.1) is 5.92 Å². The number of piperidine rings is 1. The van der Waals surface area contributed by atoms with Gasteiger partial charge in [0.25, 0.3) is 0 Å². The molecule has 3 atom stereocenters. The minimum Gasteiger partial charge on any atom is -0.383 e. The summed E-state index contributed by atoms with van der Waals surface area (Å²) in [5, 5.41) is 2.85. The van der Waals surface area contributed by atoms with Crippen LogP contribution in [0.1, 0.15) is 12.8 Å². The predicted octanol–water partition coefficient (Wildman–Crippen LogP) is 0.223. The SMILES string of the molecule is COCCNC(=O)[C@@H]1C[C@@H]2CCN(c3ncccn3)C[C@H]2O1. The van der Waals surface area contributed by atoms with Gasteiger partial charge in [-0.25, -0.2) is 9.97 Å². The number of hydrogen-bond donors (Lipinski definition) is 1. The van der Waals surface area contributed by atoms with E-state index in [0.717, 1.165) is 31.9 Å². The highest BCUT2D eigenvalue weighted by molar-refractivity contribution is 5.81. The van der Waals surface area contributed by atoms with Crippen LogP contribution >= 0.6 is 0 Å². The lowest BCUT2D eigenvalue weighted by Gasteiger charge is -2.33. The molecule has 2 aliphatic heterocycles. The molecule has 2 saturated heterocycles. The zero-order chi connectivity index (χ0) is 15.4. The van der Waals surface area contributed by atoms with Gasteiger partial charge in [-0.2, -0.15) is 0 Å². The highest BCUT2D eigenvalue weighted by atomic mass is 16.5. The molecule has 0 unspecified atom stereocenters. The number of nitrogens with zero attached hydrogens (tertiary/aromatic N) is 3. The van der Waals surface area contributed by atoms with Gasteiger partial charge in [-0.05, 0) is 24.8 Å². The van der Waals surface area contributed by atoms with Crippen LogP contribution in [0.5, 0.6) is 0 Å². The van der Waals surface area contributed by atoms with Crippen LogP contribution in [0.3, 0.4) is 0 Å². The van der Waals surface area contributed by atoms with Gasteiger partial charge < -0.3 is 19.7 Å². The summed E-state index contributed by atoms with van der Waals surface area (Å²) in [6, 6.07) is 1.81. The van der Waals surface area contributed by atoms with Gasteiger partial charge in [0.05, 0.1) is 12.7 Å². The summed E-state index contributed by atoms with van der Waals surface area (Å²) >= 11 is 0. The molecule has 0 radical (unpaired) electrons. The van der Waals surface area contributed by atoms with Crippen molar-refractivity contribution in [3.8, 4) is 0 Å². The first-order valence-corrected chi connectivity index (χ1v) is 7.72. The summed E-state index contributed by atoms with van der Waals surface area (Å²) in [7, 11) is 1.62. The number of fused-ring (bicyclic) bond motifs is 1. The lowest BCUT2D eigenvalue weighted by molar-refractivity contribution is -0.132. The minimum atomic E-state index is -0.344. The van der Waals surface area contributed by atoms with E-state index in [4.69, 9.17) is 9.47 Å². The van der Waals surface area contributed by atoms with Crippen molar-refractivity contribution in [1.29, 1.82) is 0 Å². The molecule has 120 valence electrons. The summed E-state index contributed by atoms with van der Waals surface area (Å²) in [4.78, 5) is 22.8. The molecule has 22 heavy (non-hydrogen) atoms. The molecule has 3 heterocycles. The Bertz CT molecular complexity index is 499. The Kier molecular flexibility index (Phi) is 4.84. The van der Waals surface area contributed by atoms with Gasteiger partial charge in [-0.15, -0.1) is 0 Å². The van der Waals surface area contributed by atoms with Crippen LogP contribution in [0.25, 0.3) is 0 Å². The predicted molar refractivity (Wildman–Crippen MR) is 80.5 cm³/mol. The first kappa shape index (κ1) is 15.2. The molecule has 2 fully saturated rings. The normalized spacial score (nSPS) is 27.5. The van der Waals surface area contributed by atoms with Crippen molar-refractivity contribution in [1.82, 2.24) is 15.3 Å². The molecule has 0 aromatic carbocycles. The molecule has 1 amide bonds. The van der Waals surface area contributed by atoms with Crippen molar-refractivity contribution in [2.24, 2.45) is 5.92 Å². The van der Waals surface area contributed by atoms with Crippen molar-refractivity contribution in [2.75, 3.05) is 38.3 Å². The fraction of sp³-hybridized carbons (Fsp3) is 0.667. The summed E-state index contributed by atoms with van der Waals surface area (Å²) in [6.45, 7) is 2.70. The zero-order valence-electron chi connectivity index (χ0n) is 12.8. The van der Waals surface area contributed by atoms with Crippen molar-refractivity contribution in [3.05, 3.63) is 18.5 Å². The van der Waals surface area contributed by atoms with Crippen LogP contribution in [0.2, 0.25) is 0 Å². The van der Waals surface area contributed by atoms with Gasteiger partial charge in [0, 0.05) is 39.1 Å². The van der Waals surface area contributed by atoms with Crippen LogP contribution in [0.4, 0.5) is 5.95 Å². The van der Waals surface area contributed by atoms with Gasteiger partial charge in [0.15, 0.2) is 0 Å². The standard InChI is InChI=1S/C15H22N4O3/c1-21-8-6-16-14(20)12-9-11-3-7-19(10-13(11)22-12)15-17-4-2-5-18-15/h2,4-5,11-13H,3,6-10H2,1H3,(H,16,20)/t11-,12-,13+/m0/s1. The number of hydrogen-bond acceptors (Lipinski definition) is 6. The largest absolute Gasteiger partial charge is 0.383 e. The van der Waals surface area contributed by atoms with Gasteiger partial charge in [-0.3, -0.25) is 4.79 Å². The summed E-state index contributed by atoms with van der Waals surface area (Å²) in [5.74, 6) is 1.14. The van der Waals surface area contributed by atoms with E-state index in [1.807, 2.05) is 6.07 Å². The molecule has 3 rings (SSSR count). The minimum absolute atomic E-state index is 0.0334. The summed E-state index contributed by atoms with van der Waals surface area (Å²) in [5.41, 5.74) is 0. The number of anilines is 1. The number of rotatable bonds is 5. The average Bonchev–Trinajstić information content (AvgIpc) is 2.99. The molecule has 0 saturated carbocycles. The second kappa shape index (κ2) is 7.02. The van der Waals surface area contributed by atoms with Crippen LogP contribution in [0.15, 0.2) is 18.5 Å². The molecule has 2 aliphatic rings. The quantitative estimate of drug-likeness (QED) is 0.785. The van der Waals surface area contributed by atoms with Gasteiger partial charge >= 0.3 is 0 Å². The molecule has 1 N–H and O–H groups in total. The Morgan fingerprint density at radius 3 is 3.09 bits per heavy atom. The highest BCUT2D eigenvalue weighted by Gasteiger charge is 2.42. The van der Waals surface area contributed by atoms with Crippen molar-refractivity contribution < 1.29 is 14.3 Å². The Hall–Kier alpha value is -1.73. The van der Waals surface area contributed by atoms with E-state index in [1.165, 1.54) is 0 Å². The van der Waals surface area contributed by atoms with E-state index in [9.17, 15) is 4.79 Å². The van der Waals surface area contributed by atoms with Crippen LogP contribution in [-0.4, -0.2) is 61.4 Å². The number of ether oxygens (including phenoxy) is 2. The molecule has 0 aliphatic carbocycles. The smallest absolute Gasteiger partial charge is 0.249 e. The van der Waals surface area contributed by atoms with E-state index in [0.29, 0.717) is 19.1 Å². The Balaban J connectivity index is 1.54. The molecular weight excluding hydrogens is 284 g/mol. The van der Waals surface area contributed by atoms with Gasteiger partial charge in [0.1, 0.15) is 6.10 Å². The van der Waals surface area contributed by atoms with Crippen molar-refractivity contribution >= 4 is 11.9 Å². The molecule has 0 spiro atoms. The highest BCUT2D eigenvalue weighted by Crippen LogP contribution is 2.34. The first-order valence-electron chi connectivity index (χ1n) is 7.72. The van der Waals surface area contributed by atoms with Crippen LogP contribution < -0.4 is 10.2 Å². The van der Waals surface area contributed by atoms with E-state index in [2.05, 4.69) is 20.2 Å². The maximum atomic E-state index is 12.1. The third kappa shape index (κ3) is 3.36.